The number of halogens is 1. The molecule has 0 atom stereocenters. The van der Waals surface area contributed by atoms with Gasteiger partial charge in [-0.3, -0.25) is 4.79 Å². The molecule has 0 aliphatic heterocycles. The Balaban J connectivity index is 1.80. The zero-order chi connectivity index (χ0) is 14.2. The average molecular weight is 286 g/mol. The van der Waals surface area contributed by atoms with Crippen LogP contribution in [0.2, 0.25) is 5.02 Å². The summed E-state index contributed by atoms with van der Waals surface area (Å²) in [7, 11) is 0. The normalized spacial score (nSPS) is 15.7. The van der Waals surface area contributed by atoms with E-state index in [0.717, 1.165) is 29.0 Å². The summed E-state index contributed by atoms with van der Waals surface area (Å²) < 4.78 is 0. The molecule has 0 spiro atoms. The predicted octanol–water partition coefficient (Wildman–Crippen LogP) is 4.07. The van der Waals surface area contributed by atoms with Crippen LogP contribution in [0.4, 0.5) is 0 Å². The maximum absolute atomic E-state index is 12.4. The van der Waals surface area contributed by atoms with Gasteiger partial charge in [-0.15, -0.1) is 0 Å². The van der Waals surface area contributed by atoms with Gasteiger partial charge in [0.1, 0.15) is 0 Å². The second-order valence-electron chi connectivity index (χ2n) is 5.41. The average Bonchev–Trinajstić information content (AvgIpc) is 3.20. The molecule has 1 fully saturated rings. The van der Waals surface area contributed by atoms with E-state index >= 15 is 0 Å². The maximum Gasteiger partial charge on any atom is 0.251 e. The lowest BCUT2D eigenvalue weighted by Gasteiger charge is -2.18. The number of aryl methyl sites for hydroxylation is 1. The number of carbonyl (C=O) groups is 1. The van der Waals surface area contributed by atoms with E-state index in [-0.39, 0.29) is 11.4 Å². The molecule has 102 valence electrons. The van der Waals surface area contributed by atoms with Crippen LogP contribution in [0, 0.1) is 6.92 Å². The molecule has 0 bridgehead atoms. The molecule has 3 rings (SSSR count). The molecular formula is C17H16ClNO. The molecule has 0 radical (unpaired) electrons. The molecule has 2 aromatic carbocycles. The van der Waals surface area contributed by atoms with Crippen LogP contribution >= 0.6 is 11.6 Å². The van der Waals surface area contributed by atoms with Crippen molar-refractivity contribution in [2.45, 2.75) is 25.3 Å². The van der Waals surface area contributed by atoms with Crippen molar-refractivity contribution in [1.82, 2.24) is 5.32 Å². The summed E-state index contributed by atoms with van der Waals surface area (Å²) in [6.45, 7) is 1.99. The Hall–Kier alpha value is -1.80. The van der Waals surface area contributed by atoms with Crippen molar-refractivity contribution < 1.29 is 4.79 Å². The van der Waals surface area contributed by atoms with E-state index in [0.29, 0.717) is 5.56 Å². The summed E-state index contributed by atoms with van der Waals surface area (Å²) in [5.74, 6) is -0.0128. The minimum absolute atomic E-state index is 0.0128. The van der Waals surface area contributed by atoms with Crippen molar-refractivity contribution in [1.29, 1.82) is 0 Å². The standard InChI is InChI=1S/C17H16ClNO/c1-12-3-2-4-13(11-12)16(20)19-17(9-10-17)14-5-7-15(18)8-6-14/h2-8,11H,9-10H2,1H3,(H,19,20). The number of carbonyl (C=O) groups excluding carboxylic acids is 1. The highest BCUT2D eigenvalue weighted by Crippen LogP contribution is 2.45. The van der Waals surface area contributed by atoms with Gasteiger partial charge in [-0.05, 0) is 49.6 Å². The third kappa shape index (κ3) is 2.56. The number of rotatable bonds is 3. The highest BCUT2D eigenvalue weighted by atomic mass is 35.5. The van der Waals surface area contributed by atoms with Gasteiger partial charge in [0.15, 0.2) is 0 Å². The van der Waals surface area contributed by atoms with Crippen LogP contribution < -0.4 is 5.32 Å². The van der Waals surface area contributed by atoms with E-state index < -0.39 is 0 Å². The monoisotopic (exact) mass is 285 g/mol. The summed E-state index contributed by atoms with van der Waals surface area (Å²) >= 11 is 5.91. The predicted molar refractivity (Wildman–Crippen MR) is 81.0 cm³/mol. The molecule has 0 unspecified atom stereocenters. The first-order valence-electron chi connectivity index (χ1n) is 6.74. The van der Waals surface area contributed by atoms with Crippen molar-refractivity contribution in [2.24, 2.45) is 0 Å². The van der Waals surface area contributed by atoms with Crippen LogP contribution in [0.3, 0.4) is 0 Å². The van der Waals surface area contributed by atoms with Gasteiger partial charge in [0.2, 0.25) is 0 Å². The van der Waals surface area contributed by atoms with E-state index in [4.69, 9.17) is 11.6 Å². The molecule has 0 heterocycles. The fourth-order valence-corrected chi connectivity index (χ4v) is 2.58. The molecule has 20 heavy (non-hydrogen) atoms. The van der Waals surface area contributed by atoms with Gasteiger partial charge in [-0.2, -0.15) is 0 Å². The van der Waals surface area contributed by atoms with E-state index in [2.05, 4.69) is 5.32 Å². The van der Waals surface area contributed by atoms with Gasteiger partial charge in [0, 0.05) is 10.6 Å². The van der Waals surface area contributed by atoms with Crippen molar-refractivity contribution in [3.63, 3.8) is 0 Å². The number of amides is 1. The Morgan fingerprint density at radius 3 is 2.45 bits per heavy atom. The second kappa shape index (κ2) is 4.95. The van der Waals surface area contributed by atoms with Gasteiger partial charge in [-0.25, -0.2) is 0 Å². The van der Waals surface area contributed by atoms with Crippen molar-refractivity contribution >= 4 is 17.5 Å². The summed E-state index contributed by atoms with van der Waals surface area (Å²) in [6, 6.07) is 15.4. The van der Waals surface area contributed by atoms with E-state index in [1.54, 1.807) is 0 Å². The van der Waals surface area contributed by atoms with Crippen LogP contribution in [0.25, 0.3) is 0 Å². The Bertz CT molecular complexity index is 644. The molecule has 0 aromatic heterocycles. The van der Waals surface area contributed by atoms with Gasteiger partial charge in [-0.1, -0.05) is 41.4 Å². The molecule has 1 saturated carbocycles. The fourth-order valence-electron chi connectivity index (χ4n) is 2.46. The first-order valence-corrected chi connectivity index (χ1v) is 7.12. The zero-order valence-corrected chi connectivity index (χ0v) is 12.1. The van der Waals surface area contributed by atoms with E-state index in [1.807, 2.05) is 55.5 Å². The molecule has 2 aromatic rings. The van der Waals surface area contributed by atoms with Crippen LogP contribution in [0.5, 0.6) is 0 Å². The molecule has 1 amide bonds. The van der Waals surface area contributed by atoms with Crippen LogP contribution in [-0.2, 0) is 5.54 Å². The van der Waals surface area contributed by atoms with Crippen LogP contribution in [0.1, 0.15) is 34.3 Å². The lowest BCUT2D eigenvalue weighted by molar-refractivity contribution is 0.0930. The molecule has 1 aliphatic carbocycles. The Morgan fingerprint density at radius 2 is 1.85 bits per heavy atom. The van der Waals surface area contributed by atoms with Crippen molar-refractivity contribution in [3.05, 3.63) is 70.2 Å². The maximum atomic E-state index is 12.4. The minimum atomic E-state index is -0.203. The van der Waals surface area contributed by atoms with Crippen LogP contribution in [-0.4, -0.2) is 5.91 Å². The van der Waals surface area contributed by atoms with E-state index in [9.17, 15) is 4.79 Å². The molecule has 1 N–H and O–H groups in total. The molecular weight excluding hydrogens is 270 g/mol. The van der Waals surface area contributed by atoms with Crippen LogP contribution in [0.15, 0.2) is 48.5 Å². The minimum Gasteiger partial charge on any atom is -0.343 e. The highest BCUT2D eigenvalue weighted by Gasteiger charge is 2.45. The third-order valence-electron chi connectivity index (χ3n) is 3.78. The summed E-state index contributed by atoms with van der Waals surface area (Å²) in [5.41, 5.74) is 2.73. The zero-order valence-electron chi connectivity index (χ0n) is 11.3. The Morgan fingerprint density at radius 1 is 1.15 bits per heavy atom. The topological polar surface area (TPSA) is 29.1 Å². The first kappa shape index (κ1) is 13.2. The summed E-state index contributed by atoms with van der Waals surface area (Å²) in [5, 5.41) is 3.88. The Kier molecular flexibility index (Phi) is 3.27. The fraction of sp³-hybridized carbons (Fsp3) is 0.235. The van der Waals surface area contributed by atoms with Crippen molar-refractivity contribution in [2.75, 3.05) is 0 Å². The molecule has 3 heteroatoms. The van der Waals surface area contributed by atoms with E-state index in [1.165, 1.54) is 0 Å². The van der Waals surface area contributed by atoms with Gasteiger partial charge in [0.25, 0.3) is 5.91 Å². The number of hydrogen-bond acceptors (Lipinski definition) is 1. The van der Waals surface area contributed by atoms with Crippen molar-refractivity contribution in [3.8, 4) is 0 Å². The molecule has 1 aliphatic rings. The summed E-state index contributed by atoms with van der Waals surface area (Å²) in [4.78, 5) is 12.4. The van der Waals surface area contributed by atoms with Gasteiger partial charge in [0.05, 0.1) is 5.54 Å². The summed E-state index contributed by atoms with van der Waals surface area (Å²) in [6.07, 6.45) is 1.96. The number of hydrogen-bond donors (Lipinski definition) is 1. The SMILES string of the molecule is Cc1cccc(C(=O)NC2(c3ccc(Cl)cc3)CC2)c1. The first-order chi connectivity index (χ1) is 9.59. The molecule has 0 saturated heterocycles. The lowest BCUT2D eigenvalue weighted by Crippen LogP contribution is -2.34. The Labute approximate surface area is 123 Å². The van der Waals surface area contributed by atoms with Gasteiger partial charge >= 0.3 is 0 Å². The smallest absolute Gasteiger partial charge is 0.251 e. The lowest BCUT2D eigenvalue weighted by atomic mass is 10.0. The number of nitrogens with one attached hydrogen (secondary N) is 1. The number of benzene rings is 2. The largest absolute Gasteiger partial charge is 0.343 e. The third-order valence-corrected chi connectivity index (χ3v) is 4.03. The molecule has 2 nitrogen and oxygen atoms in total. The second-order valence-corrected chi connectivity index (χ2v) is 5.85. The highest BCUT2D eigenvalue weighted by molar-refractivity contribution is 6.30. The quantitative estimate of drug-likeness (QED) is 0.905. The van der Waals surface area contributed by atoms with Gasteiger partial charge < -0.3 is 5.32 Å².